The van der Waals surface area contributed by atoms with Crippen molar-refractivity contribution in [2.45, 2.75) is 19.4 Å². The number of hydrogen-bond donors (Lipinski definition) is 4. The SMILES string of the molecule is Nc1ncccc1NCc1cccc(NC(=O)C2=NNC(=O)CC2)c1. The van der Waals surface area contributed by atoms with Gasteiger partial charge in [-0.05, 0) is 29.8 Å². The number of nitrogens with zero attached hydrogens (tertiary/aromatic N) is 2. The van der Waals surface area contributed by atoms with Crippen molar-refractivity contribution in [3.05, 3.63) is 48.2 Å². The van der Waals surface area contributed by atoms with Crippen molar-refractivity contribution in [3.8, 4) is 0 Å². The first-order chi connectivity index (χ1) is 12.1. The molecule has 0 spiro atoms. The molecule has 8 heteroatoms. The molecule has 0 unspecified atom stereocenters. The van der Waals surface area contributed by atoms with Crippen molar-refractivity contribution in [2.75, 3.05) is 16.4 Å². The number of hydrazone groups is 1. The Hall–Kier alpha value is -3.42. The lowest BCUT2D eigenvalue weighted by molar-refractivity contribution is -0.121. The molecule has 3 rings (SSSR count). The van der Waals surface area contributed by atoms with E-state index in [1.807, 2.05) is 24.3 Å². The normalized spacial score (nSPS) is 13.6. The molecule has 0 bridgehead atoms. The van der Waals surface area contributed by atoms with Crippen LogP contribution in [-0.4, -0.2) is 22.5 Å². The third-order valence-corrected chi connectivity index (χ3v) is 3.67. The number of rotatable bonds is 5. The van der Waals surface area contributed by atoms with Crippen LogP contribution >= 0.6 is 0 Å². The summed E-state index contributed by atoms with van der Waals surface area (Å²) in [7, 11) is 0. The number of hydrogen-bond acceptors (Lipinski definition) is 6. The van der Waals surface area contributed by atoms with Gasteiger partial charge >= 0.3 is 0 Å². The fourth-order valence-electron chi connectivity index (χ4n) is 2.36. The molecule has 8 nitrogen and oxygen atoms in total. The van der Waals surface area contributed by atoms with Crippen molar-refractivity contribution in [3.63, 3.8) is 0 Å². The first-order valence-electron chi connectivity index (χ1n) is 7.82. The Morgan fingerprint density at radius 2 is 2.12 bits per heavy atom. The minimum atomic E-state index is -0.318. The average molecular weight is 338 g/mol. The van der Waals surface area contributed by atoms with Crippen LogP contribution in [0, 0.1) is 0 Å². The van der Waals surface area contributed by atoms with Gasteiger partial charge in [-0.15, -0.1) is 0 Å². The second-order valence-corrected chi connectivity index (χ2v) is 5.54. The summed E-state index contributed by atoms with van der Waals surface area (Å²) in [5.74, 6) is -0.0646. The van der Waals surface area contributed by atoms with Crippen LogP contribution in [0.5, 0.6) is 0 Å². The molecule has 0 saturated heterocycles. The smallest absolute Gasteiger partial charge is 0.271 e. The zero-order valence-electron chi connectivity index (χ0n) is 13.5. The number of nitrogens with one attached hydrogen (secondary N) is 3. The second kappa shape index (κ2) is 7.43. The monoisotopic (exact) mass is 338 g/mol. The van der Waals surface area contributed by atoms with Crippen molar-refractivity contribution in [1.29, 1.82) is 0 Å². The molecule has 5 N–H and O–H groups in total. The number of nitrogens with two attached hydrogens (primary N) is 1. The predicted molar refractivity (Wildman–Crippen MR) is 95.9 cm³/mol. The zero-order chi connectivity index (χ0) is 17.6. The molecule has 1 aliphatic rings. The number of nitrogen functional groups attached to an aromatic ring is 1. The minimum absolute atomic E-state index is 0.181. The van der Waals surface area contributed by atoms with Crippen molar-refractivity contribution in [2.24, 2.45) is 5.10 Å². The van der Waals surface area contributed by atoms with Gasteiger partial charge in [-0.25, -0.2) is 10.4 Å². The van der Waals surface area contributed by atoms with E-state index < -0.39 is 0 Å². The van der Waals surface area contributed by atoms with Crippen LogP contribution in [0.15, 0.2) is 47.7 Å². The zero-order valence-corrected chi connectivity index (χ0v) is 13.5. The van der Waals surface area contributed by atoms with Crippen LogP contribution in [0.2, 0.25) is 0 Å². The van der Waals surface area contributed by atoms with Crippen molar-refractivity contribution < 1.29 is 9.59 Å². The van der Waals surface area contributed by atoms with Crippen LogP contribution in [0.4, 0.5) is 17.2 Å². The molecule has 1 aromatic carbocycles. The summed E-state index contributed by atoms with van der Waals surface area (Å²) in [6.45, 7) is 0.538. The van der Waals surface area contributed by atoms with E-state index in [0.717, 1.165) is 11.3 Å². The molecule has 0 fully saturated rings. The third kappa shape index (κ3) is 4.31. The van der Waals surface area contributed by atoms with E-state index in [-0.39, 0.29) is 18.2 Å². The van der Waals surface area contributed by atoms with Gasteiger partial charge in [0.1, 0.15) is 11.5 Å². The molecular formula is C17H18N6O2. The maximum atomic E-state index is 12.2. The van der Waals surface area contributed by atoms with Gasteiger partial charge in [0.25, 0.3) is 5.91 Å². The largest absolute Gasteiger partial charge is 0.382 e. The highest BCUT2D eigenvalue weighted by Gasteiger charge is 2.18. The first-order valence-corrected chi connectivity index (χ1v) is 7.82. The van der Waals surface area contributed by atoms with Crippen LogP contribution in [0.1, 0.15) is 18.4 Å². The lowest BCUT2D eigenvalue weighted by Gasteiger charge is -2.13. The van der Waals surface area contributed by atoms with Gasteiger partial charge in [-0.3, -0.25) is 9.59 Å². The molecule has 2 amide bonds. The molecule has 0 saturated carbocycles. The van der Waals surface area contributed by atoms with E-state index in [9.17, 15) is 9.59 Å². The average Bonchev–Trinajstić information content (AvgIpc) is 2.62. The minimum Gasteiger partial charge on any atom is -0.382 e. The first kappa shape index (κ1) is 16.4. The molecule has 1 aromatic heterocycles. The van der Waals surface area contributed by atoms with Crippen LogP contribution < -0.4 is 21.8 Å². The molecular weight excluding hydrogens is 320 g/mol. The van der Waals surface area contributed by atoms with Gasteiger partial charge in [-0.1, -0.05) is 12.1 Å². The van der Waals surface area contributed by atoms with Crippen molar-refractivity contribution >= 4 is 34.7 Å². The van der Waals surface area contributed by atoms with E-state index in [4.69, 9.17) is 5.73 Å². The Labute approximate surface area is 144 Å². The predicted octanol–water partition coefficient (Wildman–Crippen LogP) is 1.48. The van der Waals surface area contributed by atoms with Crippen LogP contribution in [0.3, 0.4) is 0 Å². The molecule has 25 heavy (non-hydrogen) atoms. The van der Waals surface area contributed by atoms with Gasteiger partial charge in [0.2, 0.25) is 5.91 Å². The molecule has 2 aromatic rings. The molecule has 2 heterocycles. The fraction of sp³-hybridized carbons (Fsp3) is 0.176. The van der Waals surface area contributed by atoms with Crippen LogP contribution in [-0.2, 0) is 16.1 Å². The highest BCUT2D eigenvalue weighted by Crippen LogP contribution is 2.17. The summed E-state index contributed by atoms with van der Waals surface area (Å²) in [5.41, 5.74) is 10.8. The van der Waals surface area contributed by atoms with E-state index in [1.54, 1.807) is 18.3 Å². The number of carbonyl (C=O) groups is 2. The molecule has 128 valence electrons. The fourth-order valence-corrected chi connectivity index (χ4v) is 2.36. The van der Waals surface area contributed by atoms with E-state index in [2.05, 4.69) is 26.1 Å². The Morgan fingerprint density at radius 3 is 2.88 bits per heavy atom. The highest BCUT2D eigenvalue weighted by molar-refractivity contribution is 6.43. The van der Waals surface area contributed by atoms with Gasteiger partial charge in [0.15, 0.2) is 0 Å². The lowest BCUT2D eigenvalue weighted by Crippen LogP contribution is -2.32. The number of benzene rings is 1. The van der Waals surface area contributed by atoms with Gasteiger partial charge in [-0.2, -0.15) is 5.10 Å². The quantitative estimate of drug-likeness (QED) is 0.658. The summed E-state index contributed by atoms with van der Waals surface area (Å²) in [6, 6.07) is 11.1. The van der Waals surface area contributed by atoms with E-state index in [0.29, 0.717) is 30.2 Å². The lowest BCUT2D eigenvalue weighted by atomic mass is 10.1. The van der Waals surface area contributed by atoms with Crippen molar-refractivity contribution in [1.82, 2.24) is 10.4 Å². The highest BCUT2D eigenvalue weighted by atomic mass is 16.2. The number of amides is 2. The van der Waals surface area contributed by atoms with E-state index >= 15 is 0 Å². The summed E-state index contributed by atoms with van der Waals surface area (Å²) in [6.07, 6.45) is 2.23. The number of pyridine rings is 1. The summed E-state index contributed by atoms with van der Waals surface area (Å²) in [4.78, 5) is 27.3. The maximum absolute atomic E-state index is 12.2. The third-order valence-electron chi connectivity index (χ3n) is 3.67. The molecule has 0 aliphatic carbocycles. The Balaban J connectivity index is 1.62. The topological polar surface area (TPSA) is 122 Å². The molecule has 0 atom stereocenters. The van der Waals surface area contributed by atoms with E-state index in [1.165, 1.54) is 0 Å². The summed E-state index contributed by atoms with van der Waals surface area (Å²) in [5, 5.41) is 9.78. The Morgan fingerprint density at radius 1 is 1.24 bits per heavy atom. The maximum Gasteiger partial charge on any atom is 0.271 e. The van der Waals surface area contributed by atoms with Gasteiger partial charge < -0.3 is 16.4 Å². The molecule has 0 radical (unpaired) electrons. The molecule has 1 aliphatic heterocycles. The number of carbonyl (C=O) groups excluding carboxylic acids is 2. The number of anilines is 3. The number of aromatic nitrogens is 1. The Bertz CT molecular complexity index is 833. The summed E-state index contributed by atoms with van der Waals surface area (Å²) < 4.78 is 0. The summed E-state index contributed by atoms with van der Waals surface area (Å²) >= 11 is 0. The Kier molecular flexibility index (Phi) is 4.89. The van der Waals surface area contributed by atoms with Gasteiger partial charge in [0.05, 0.1) is 5.69 Å². The van der Waals surface area contributed by atoms with Crippen LogP contribution in [0.25, 0.3) is 0 Å². The van der Waals surface area contributed by atoms with Gasteiger partial charge in [0, 0.05) is 31.3 Å². The standard InChI is InChI=1S/C17H18N6O2/c18-16-13(5-2-8-19-16)20-10-11-3-1-4-12(9-11)21-17(25)14-6-7-15(24)23-22-14/h1-5,8-9,20H,6-7,10H2,(H2,18,19)(H,21,25)(H,23,24). The second-order valence-electron chi connectivity index (χ2n) is 5.54.